The Bertz CT molecular complexity index is 490. The summed E-state index contributed by atoms with van der Waals surface area (Å²) in [6, 6.07) is 3.06. The quantitative estimate of drug-likeness (QED) is 0.646. The molecule has 1 aliphatic rings. The number of phenolic OH excluding ortho intramolecular Hbond substituents is 1. The Morgan fingerprint density at radius 2 is 2.11 bits per heavy atom. The standard InChI is InChI=1S/C13H18N2O4/c1-19-12-7-8(6-11(13(12)16)15(17)18)9-4-2-3-5-10(9)14/h6-7,9-10,16H,2-5,14H2,1H3. The van der Waals surface area contributed by atoms with Gasteiger partial charge in [-0.3, -0.25) is 10.1 Å². The first-order chi connectivity index (χ1) is 9.04. The maximum Gasteiger partial charge on any atom is 0.314 e. The van der Waals surface area contributed by atoms with Crippen molar-refractivity contribution in [3.63, 3.8) is 0 Å². The van der Waals surface area contributed by atoms with Gasteiger partial charge in [0.2, 0.25) is 5.75 Å². The lowest BCUT2D eigenvalue weighted by atomic mass is 9.80. The largest absolute Gasteiger partial charge is 0.500 e. The Morgan fingerprint density at radius 3 is 2.68 bits per heavy atom. The van der Waals surface area contributed by atoms with Crippen LogP contribution in [-0.4, -0.2) is 23.2 Å². The molecular formula is C13H18N2O4. The van der Waals surface area contributed by atoms with Crippen LogP contribution in [0.15, 0.2) is 12.1 Å². The highest BCUT2D eigenvalue weighted by molar-refractivity contribution is 5.57. The molecule has 1 fully saturated rings. The van der Waals surface area contributed by atoms with Crippen LogP contribution < -0.4 is 10.5 Å². The first-order valence-electron chi connectivity index (χ1n) is 6.35. The van der Waals surface area contributed by atoms with Gasteiger partial charge in [0.05, 0.1) is 12.0 Å². The summed E-state index contributed by atoms with van der Waals surface area (Å²) in [4.78, 5) is 10.4. The highest BCUT2D eigenvalue weighted by atomic mass is 16.6. The van der Waals surface area contributed by atoms with Crippen LogP contribution in [0.2, 0.25) is 0 Å². The van der Waals surface area contributed by atoms with E-state index in [0.29, 0.717) is 0 Å². The van der Waals surface area contributed by atoms with Crippen molar-refractivity contribution in [3.8, 4) is 11.5 Å². The van der Waals surface area contributed by atoms with Crippen molar-refractivity contribution >= 4 is 5.69 Å². The molecule has 2 unspecified atom stereocenters. The minimum atomic E-state index is -0.601. The fourth-order valence-corrected chi connectivity index (χ4v) is 2.70. The first-order valence-corrected chi connectivity index (χ1v) is 6.35. The monoisotopic (exact) mass is 266 g/mol. The second-order valence-electron chi connectivity index (χ2n) is 4.90. The lowest BCUT2D eigenvalue weighted by Crippen LogP contribution is -2.31. The molecule has 19 heavy (non-hydrogen) atoms. The number of nitrogens with two attached hydrogens (primary N) is 1. The molecule has 0 spiro atoms. The maximum absolute atomic E-state index is 11.0. The van der Waals surface area contributed by atoms with Gasteiger partial charge in [-0.2, -0.15) is 0 Å². The normalized spacial score (nSPS) is 23.1. The van der Waals surface area contributed by atoms with Gasteiger partial charge in [0.1, 0.15) is 0 Å². The molecule has 1 saturated carbocycles. The summed E-state index contributed by atoms with van der Waals surface area (Å²) >= 11 is 0. The number of phenols is 1. The molecule has 104 valence electrons. The van der Waals surface area contributed by atoms with Gasteiger partial charge in [0.15, 0.2) is 5.75 Å². The van der Waals surface area contributed by atoms with Crippen LogP contribution in [-0.2, 0) is 0 Å². The number of rotatable bonds is 3. The van der Waals surface area contributed by atoms with E-state index < -0.39 is 10.7 Å². The van der Waals surface area contributed by atoms with E-state index in [9.17, 15) is 15.2 Å². The molecule has 3 N–H and O–H groups in total. The maximum atomic E-state index is 11.0. The van der Waals surface area contributed by atoms with E-state index >= 15 is 0 Å². The minimum absolute atomic E-state index is 0.00241. The molecule has 0 amide bonds. The van der Waals surface area contributed by atoms with Gasteiger partial charge < -0.3 is 15.6 Å². The predicted octanol–water partition coefficient (Wildman–Crippen LogP) is 2.29. The van der Waals surface area contributed by atoms with Crippen LogP contribution in [0.5, 0.6) is 11.5 Å². The minimum Gasteiger partial charge on any atom is -0.500 e. The molecule has 0 heterocycles. The number of methoxy groups -OCH3 is 1. The van der Waals surface area contributed by atoms with Crippen LogP contribution in [0.4, 0.5) is 5.69 Å². The van der Waals surface area contributed by atoms with Crippen LogP contribution in [0, 0.1) is 10.1 Å². The van der Waals surface area contributed by atoms with Crippen LogP contribution in [0.1, 0.15) is 37.2 Å². The van der Waals surface area contributed by atoms with Crippen molar-refractivity contribution in [2.75, 3.05) is 7.11 Å². The molecule has 0 aromatic heterocycles. The topological polar surface area (TPSA) is 98.6 Å². The lowest BCUT2D eigenvalue weighted by Gasteiger charge is -2.29. The van der Waals surface area contributed by atoms with Gasteiger partial charge in [-0.15, -0.1) is 0 Å². The highest BCUT2D eigenvalue weighted by Crippen LogP contribution is 2.41. The molecule has 6 nitrogen and oxygen atoms in total. The Balaban J connectivity index is 2.45. The van der Waals surface area contributed by atoms with Crippen molar-refractivity contribution < 1.29 is 14.8 Å². The molecule has 1 aromatic rings. The molecule has 0 radical (unpaired) electrons. The Hall–Kier alpha value is -1.82. The van der Waals surface area contributed by atoms with Crippen LogP contribution in [0.25, 0.3) is 0 Å². The SMILES string of the molecule is COc1cc(C2CCCCC2N)cc([N+](=O)[O-])c1O. The van der Waals surface area contributed by atoms with Gasteiger partial charge >= 0.3 is 5.69 Å². The average Bonchev–Trinajstić information content (AvgIpc) is 2.39. The molecule has 0 aliphatic heterocycles. The lowest BCUT2D eigenvalue weighted by molar-refractivity contribution is -0.386. The van der Waals surface area contributed by atoms with Gasteiger partial charge in [0.25, 0.3) is 0 Å². The number of aromatic hydroxyl groups is 1. The summed E-state index contributed by atoms with van der Waals surface area (Å²) in [5.41, 5.74) is 6.54. The number of nitro groups is 1. The zero-order valence-electron chi connectivity index (χ0n) is 10.8. The molecule has 2 atom stereocenters. The van der Waals surface area contributed by atoms with Crippen LogP contribution in [0.3, 0.4) is 0 Å². The summed E-state index contributed by atoms with van der Waals surface area (Å²) in [7, 11) is 1.38. The summed E-state index contributed by atoms with van der Waals surface area (Å²) in [6.45, 7) is 0. The predicted molar refractivity (Wildman–Crippen MR) is 70.5 cm³/mol. The first kappa shape index (κ1) is 13.6. The summed E-state index contributed by atoms with van der Waals surface area (Å²) < 4.78 is 5.01. The summed E-state index contributed by atoms with van der Waals surface area (Å²) in [5, 5.41) is 20.7. The Kier molecular flexibility index (Phi) is 3.90. The molecular weight excluding hydrogens is 248 g/mol. The van der Waals surface area contributed by atoms with E-state index in [4.69, 9.17) is 10.5 Å². The molecule has 2 rings (SSSR count). The molecule has 1 aromatic carbocycles. The molecule has 0 saturated heterocycles. The highest BCUT2D eigenvalue weighted by Gasteiger charge is 2.28. The van der Waals surface area contributed by atoms with E-state index in [0.717, 1.165) is 31.2 Å². The Morgan fingerprint density at radius 1 is 1.42 bits per heavy atom. The number of nitrogens with zero attached hydrogens (tertiary/aromatic N) is 1. The van der Waals surface area contributed by atoms with Gasteiger partial charge in [-0.05, 0) is 30.4 Å². The number of ether oxygens (including phenoxy) is 1. The van der Waals surface area contributed by atoms with Gasteiger partial charge in [-0.25, -0.2) is 0 Å². The fourth-order valence-electron chi connectivity index (χ4n) is 2.70. The van der Waals surface area contributed by atoms with Crippen LogP contribution >= 0.6 is 0 Å². The summed E-state index contributed by atoms with van der Waals surface area (Å²) in [5.74, 6) is -0.218. The van der Waals surface area contributed by atoms with Gasteiger partial charge in [0, 0.05) is 12.1 Å². The van der Waals surface area contributed by atoms with Crippen molar-refractivity contribution in [2.24, 2.45) is 5.73 Å². The number of nitro benzene ring substituents is 1. The van der Waals surface area contributed by atoms with E-state index in [2.05, 4.69) is 0 Å². The third-order valence-corrected chi connectivity index (χ3v) is 3.74. The zero-order chi connectivity index (χ0) is 14.0. The van der Waals surface area contributed by atoms with E-state index in [1.54, 1.807) is 6.07 Å². The smallest absolute Gasteiger partial charge is 0.314 e. The average molecular weight is 266 g/mol. The number of hydrogen-bond acceptors (Lipinski definition) is 5. The second-order valence-corrected chi connectivity index (χ2v) is 4.90. The molecule has 1 aliphatic carbocycles. The fraction of sp³-hybridized carbons (Fsp3) is 0.538. The van der Waals surface area contributed by atoms with Crippen molar-refractivity contribution in [1.29, 1.82) is 0 Å². The third kappa shape index (κ3) is 2.63. The van der Waals surface area contributed by atoms with E-state index in [1.165, 1.54) is 13.2 Å². The summed E-state index contributed by atoms with van der Waals surface area (Å²) in [6.07, 6.45) is 3.98. The van der Waals surface area contributed by atoms with Crippen molar-refractivity contribution in [1.82, 2.24) is 0 Å². The second kappa shape index (κ2) is 5.44. The molecule has 0 bridgehead atoms. The number of benzene rings is 1. The third-order valence-electron chi connectivity index (χ3n) is 3.74. The molecule has 6 heteroatoms. The number of hydrogen-bond donors (Lipinski definition) is 2. The van der Waals surface area contributed by atoms with Crippen molar-refractivity contribution in [2.45, 2.75) is 37.6 Å². The van der Waals surface area contributed by atoms with E-state index in [1.807, 2.05) is 0 Å². The van der Waals surface area contributed by atoms with Gasteiger partial charge in [-0.1, -0.05) is 12.8 Å². The zero-order valence-corrected chi connectivity index (χ0v) is 10.8. The Labute approximate surface area is 111 Å². The van der Waals surface area contributed by atoms with Crippen molar-refractivity contribution in [3.05, 3.63) is 27.8 Å². The van der Waals surface area contributed by atoms with E-state index in [-0.39, 0.29) is 23.4 Å².